The van der Waals surface area contributed by atoms with Crippen LogP contribution < -0.4 is 40.0 Å². The maximum atomic E-state index is 14.1. The van der Waals surface area contributed by atoms with Crippen molar-refractivity contribution >= 4 is 17.8 Å². The van der Waals surface area contributed by atoms with Crippen molar-refractivity contribution in [3.8, 4) is 22.3 Å². The summed E-state index contributed by atoms with van der Waals surface area (Å²) in [6, 6.07) is 21.2. The second-order valence-electron chi connectivity index (χ2n) is 11.2. The average molecular weight is 639 g/mol. The molecule has 0 radical (unpaired) electrons. The largest absolute Gasteiger partial charge is 1.00 e. The molecule has 4 rings (SSSR count). The molecule has 11 heteroatoms. The third kappa shape index (κ3) is 9.14. The second kappa shape index (κ2) is 16.7. The standard InChI is InChI=1S/C35H37FN2O7.Na/c1-21(2)38-29(17-16-27(39)18-28(40)19-30(41)42)31(24-12-14-26(36)15-13-24)32(23-6-4-3-5-7-23)33(38)34(43)37-20-22-8-10-25(11-9-22)35(44)45;/h3-15,21,27-28,39-40H,16-20H2,1-2H3,(H,37,43)(H,41,42)(H,44,45);/q;+1/p-1/t27-,28-;/m1./s1. The van der Waals surface area contributed by atoms with Crippen LogP contribution in [-0.2, 0) is 17.8 Å². The number of nitrogens with one attached hydrogen (secondary N) is 1. The molecule has 1 aromatic heterocycles. The van der Waals surface area contributed by atoms with E-state index in [0.717, 1.165) is 5.56 Å². The van der Waals surface area contributed by atoms with Crippen molar-refractivity contribution in [2.24, 2.45) is 0 Å². The number of carboxylic acids is 2. The Labute approximate surface area is 289 Å². The van der Waals surface area contributed by atoms with Crippen LogP contribution in [0.3, 0.4) is 0 Å². The van der Waals surface area contributed by atoms with Crippen LogP contribution in [0.5, 0.6) is 0 Å². The maximum Gasteiger partial charge on any atom is 1.00 e. The Morgan fingerprint density at radius 1 is 0.870 bits per heavy atom. The van der Waals surface area contributed by atoms with Gasteiger partial charge in [0.15, 0.2) is 0 Å². The van der Waals surface area contributed by atoms with Crippen LogP contribution >= 0.6 is 0 Å². The number of benzene rings is 3. The molecule has 0 saturated heterocycles. The minimum Gasteiger partial charge on any atom is -0.550 e. The van der Waals surface area contributed by atoms with Gasteiger partial charge in [-0.2, -0.15) is 0 Å². The molecule has 9 nitrogen and oxygen atoms in total. The van der Waals surface area contributed by atoms with Crippen LogP contribution in [0.4, 0.5) is 4.39 Å². The van der Waals surface area contributed by atoms with E-state index in [1.165, 1.54) is 24.3 Å². The van der Waals surface area contributed by atoms with E-state index in [-0.39, 0.29) is 72.9 Å². The van der Waals surface area contributed by atoms with E-state index in [0.29, 0.717) is 33.6 Å². The quantitative estimate of drug-likeness (QED) is 0.152. The molecule has 1 amide bonds. The number of amides is 1. The van der Waals surface area contributed by atoms with Crippen LogP contribution in [0.25, 0.3) is 22.3 Å². The molecule has 0 bridgehead atoms. The summed E-state index contributed by atoms with van der Waals surface area (Å²) in [7, 11) is 0. The van der Waals surface area contributed by atoms with E-state index in [1.807, 2.05) is 48.7 Å². The summed E-state index contributed by atoms with van der Waals surface area (Å²) in [6.45, 7) is 3.98. The predicted octanol–water partition coefficient (Wildman–Crippen LogP) is 1.36. The summed E-state index contributed by atoms with van der Waals surface area (Å²) in [5, 5.41) is 43.9. The van der Waals surface area contributed by atoms with Crippen LogP contribution in [0.1, 0.15) is 71.3 Å². The maximum absolute atomic E-state index is 14.1. The SMILES string of the molecule is CC(C)n1c(CC[C@@H](O)C[C@@H](O)CC(=O)[O-])c(-c2ccc(F)cc2)c(-c2ccccc2)c1C(=O)NCc1ccc(C(=O)O)cc1.[Na+]. The number of halogens is 1. The number of hydrogen-bond acceptors (Lipinski definition) is 6. The summed E-state index contributed by atoms with van der Waals surface area (Å²) in [6.07, 6.45) is -2.66. The number of aliphatic hydroxyl groups is 2. The van der Waals surface area contributed by atoms with E-state index in [9.17, 15) is 39.2 Å². The first-order chi connectivity index (χ1) is 21.5. The van der Waals surface area contributed by atoms with Crippen LogP contribution in [0.2, 0.25) is 0 Å². The number of aromatic nitrogens is 1. The third-order valence-corrected chi connectivity index (χ3v) is 7.55. The number of carboxylic acid groups (broad SMARTS) is 2. The molecule has 0 saturated carbocycles. The normalized spacial score (nSPS) is 12.3. The average Bonchev–Trinajstić information content (AvgIpc) is 3.35. The number of aliphatic carboxylic acids is 1. The van der Waals surface area contributed by atoms with Crippen LogP contribution in [-0.4, -0.2) is 49.9 Å². The molecule has 0 unspecified atom stereocenters. The fourth-order valence-electron chi connectivity index (χ4n) is 5.53. The van der Waals surface area contributed by atoms with Gasteiger partial charge in [-0.15, -0.1) is 0 Å². The molecular formula is C35H36FN2NaO7. The van der Waals surface area contributed by atoms with E-state index in [4.69, 9.17) is 0 Å². The van der Waals surface area contributed by atoms with Crippen molar-refractivity contribution in [1.82, 2.24) is 9.88 Å². The van der Waals surface area contributed by atoms with Crippen molar-refractivity contribution < 1.29 is 68.8 Å². The number of aromatic carboxylic acids is 1. The summed E-state index contributed by atoms with van der Waals surface area (Å²) >= 11 is 0. The third-order valence-electron chi connectivity index (χ3n) is 7.55. The Morgan fingerprint density at radius 2 is 1.48 bits per heavy atom. The minimum absolute atomic E-state index is 0. The zero-order valence-electron chi connectivity index (χ0n) is 26.1. The first kappa shape index (κ1) is 36.7. The number of rotatable bonds is 14. The first-order valence-electron chi connectivity index (χ1n) is 14.7. The zero-order valence-corrected chi connectivity index (χ0v) is 28.1. The molecule has 1 heterocycles. The Balaban J connectivity index is 0.00000576. The molecule has 2 atom stereocenters. The predicted molar refractivity (Wildman–Crippen MR) is 165 cm³/mol. The number of carbonyl (C=O) groups excluding carboxylic acids is 2. The Morgan fingerprint density at radius 3 is 2.04 bits per heavy atom. The number of carbonyl (C=O) groups is 3. The molecule has 0 aliphatic carbocycles. The Bertz CT molecular complexity index is 1640. The molecule has 3 aromatic carbocycles. The number of hydrogen-bond donors (Lipinski definition) is 4. The first-order valence-corrected chi connectivity index (χ1v) is 14.7. The summed E-state index contributed by atoms with van der Waals surface area (Å²) < 4.78 is 16.0. The van der Waals surface area contributed by atoms with Gasteiger partial charge in [0, 0.05) is 41.8 Å². The number of nitrogens with zero attached hydrogens (tertiary/aromatic N) is 1. The van der Waals surface area contributed by atoms with Gasteiger partial charge in [-0.3, -0.25) is 4.79 Å². The monoisotopic (exact) mass is 638 g/mol. The van der Waals surface area contributed by atoms with Gasteiger partial charge in [-0.05, 0) is 74.1 Å². The van der Waals surface area contributed by atoms with Gasteiger partial charge < -0.3 is 35.1 Å². The molecule has 46 heavy (non-hydrogen) atoms. The van der Waals surface area contributed by atoms with Gasteiger partial charge in [0.1, 0.15) is 11.5 Å². The molecule has 0 spiro atoms. The smallest absolute Gasteiger partial charge is 0.550 e. The molecule has 0 aliphatic rings. The van der Waals surface area contributed by atoms with Gasteiger partial charge in [0.05, 0.1) is 17.8 Å². The van der Waals surface area contributed by atoms with Crippen molar-refractivity contribution in [3.63, 3.8) is 0 Å². The second-order valence-corrected chi connectivity index (χ2v) is 11.2. The zero-order chi connectivity index (χ0) is 32.7. The summed E-state index contributed by atoms with van der Waals surface area (Å²) in [5.41, 5.74) is 4.62. The Kier molecular flexibility index (Phi) is 13.3. The molecule has 0 fully saturated rings. The van der Waals surface area contributed by atoms with Gasteiger partial charge in [-0.25, -0.2) is 9.18 Å². The fraction of sp³-hybridized carbons (Fsp3) is 0.286. The summed E-state index contributed by atoms with van der Waals surface area (Å²) in [5.74, 6) is -3.27. The van der Waals surface area contributed by atoms with Gasteiger partial charge in [0.2, 0.25) is 0 Å². The minimum atomic E-state index is -1.41. The van der Waals surface area contributed by atoms with Gasteiger partial charge >= 0.3 is 35.5 Å². The van der Waals surface area contributed by atoms with E-state index in [2.05, 4.69) is 5.32 Å². The van der Waals surface area contributed by atoms with Gasteiger partial charge in [-0.1, -0.05) is 54.6 Å². The molecule has 236 valence electrons. The molecule has 0 aliphatic heterocycles. The van der Waals surface area contributed by atoms with Crippen molar-refractivity contribution in [2.45, 2.75) is 64.3 Å². The van der Waals surface area contributed by atoms with E-state index >= 15 is 0 Å². The fourth-order valence-corrected chi connectivity index (χ4v) is 5.53. The molecule has 4 aromatic rings. The summed E-state index contributed by atoms with van der Waals surface area (Å²) in [4.78, 5) is 36.3. The van der Waals surface area contributed by atoms with Crippen molar-refractivity contribution in [1.29, 1.82) is 0 Å². The number of aliphatic hydroxyl groups excluding tert-OH is 2. The molecular weight excluding hydrogens is 602 g/mol. The van der Waals surface area contributed by atoms with Crippen molar-refractivity contribution in [3.05, 3.63) is 107 Å². The van der Waals surface area contributed by atoms with E-state index < -0.39 is 36.4 Å². The van der Waals surface area contributed by atoms with Crippen LogP contribution in [0.15, 0.2) is 78.9 Å². The topological polar surface area (TPSA) is 152 Å². The van der Waals surface area contributed by atoms with Crippen molar-refractivity contribution in [2.75, 3.05) is 0 Å². The van der Waals surface area contributed by atoms with Gasteiger partial charge in [0.25, 0.3) is 5.91 Å². The Hall–Kier alpha value is -3.80. The van der Waals surface area contributed by atoms with Crippen LogP contribution in [0, 0.1) is 5.82 Å². The molecule has 4 N–H and O–H groups in total. The van der Waals surface area contributed by atoms with E-state index in [1.54, 1.807) is 24.3 Å².